The summed E-state index contributed by atoms with van der Waals surface area (Å²) in [6.45, 7) is 0.217. The van der Waals surface area contributed by atoms with E-state index in [9.17, 15) is 4.79 Å². The molecule has 5 nitrogen and oxygen atoms in total. The Kier molecular flexibility index (Phi) is 1.73. The van der Waals surface area contributed by atoms with Crippen LogP contribution in [0.3, 0.4) is 0 Å². The minimum absolute atomic E-state index is 0.217. The van der Waals surface area contributed by atoms with Crippen molar-refractivity contribution in [2.45, 2.75) is 0 Å². The molecule has 80 valence electrons. The molecule has 2 heterocycles. The second-order valence-corrected chi connectivity index (χ2v) is 3.46. The van der Waals surface area contributed by atoms with Crippen LogP contribution in [0.2, 0.25) is 0 Å². The van der Waals surface area contributed by atoms with Crippen LogP contribution < -0.4 is 15.2 Å². The molecule has 0 atom stereocenters. The van der Waals surface area contributed by atoms with Crippen LogP contribution in [0.5, 0.6) is 11.5 Å². The fourth-order valence-corrected chi connectivity index (χ4v) is 1.65. The Bertz CT molecular complexity index is 595. The molecule has 0 unspecified atom stereocenters. The van der Waals surface area contributed by atoms with E-state index in [0.717, 1.165) is 5.39 Å². The maximum atomic E-state index is 11.0. The van der Waals surface area contributed by atoms with E-state index in [4.69, 9.17) is 15.2 Å². The quantitative estimate of drug-likeness (QED) is 0.773. The van der Waals surface area contributed by atoms with Crippen molar-refractivity contribution in [1.82, 2.24) is 4.98 Å². The van der Waals surface area contributed by atoms with Gasteiger partial charge in [0.15, 0.2) is 11.5 Å². The van der Waals surface area contributed by atoms with Gasteiger partial charge in [0.25, 0.3) is 5.91 Å². The van der Waals surface area contributed by atoms with E-state index in [1.54, 1.807) is 18.2 Å². The standard InChI is InChI=1S/C11H8N2O3/c12-11(14)7-2-1-6-3-9-10(16-5-15-9)4-8(6)13-7/h1-4H,5H2,(H2,12,14). The molecule has 1 aliphatic heterocycles. The number of benzene rings is 1. The summed E-state index contributed by atoms with van der Waals surface area (Å²) < 4.78 is 10.5. The Balaban J connectivity index is 2.24. The molecule has 2 aromatic rings. The zero-order chi connectivity index (χ0) is 11.1. The molecular formula is C11H8N2O3. The first-order chi connectivity index (χ1) is 7.74. The molecule has 3 rings (SSSR count). The molecule has 1 aromatic carbocycles. The van der Waals surface area contributed by atoms with Crippen molar-refractivity contribution in [3.8, 4) is 11.5 Å². The van der Waals surface area contributed by atoms with Crippen molar-refractivity contribution in [3.63, 3.8) is 0 Å². The lowest BCUT2D eigenvalue weighted by atomic mass is 10.2. The summed E-state index contributed by atoms with van der Waals surface area (Å²) in [6.07, 6.45) is 0. The maximum Gasteiger partial charge on any atom is 0.267 e. The van der Waals surface area contributed by atoms with Crippen LogP contribution in [0.15, 0.2) is 24.3 Å². The number of nitrogens with zero attached hydrogens (tertiary/aromatic N) is 1. The van der Waals surface area contributed by atoms with Crippen LogP contribution in [0.25, 0.3) is 10.9 Å². The van der Waals surface area contributed by atoms with Crippen molar-refractivity contribution in [3.05, 3.63) is 30.0 Å². The summed E-state index contributed by atoms with van der Waals surface area (Å²) >= 11 is 0. The number of pyridine rings is 1. The Hall–Kier alpha value is -2.30. The molecule has 1 aromatic heterocycles. The summed E-state index contributed by atoms with van der Waals surface area (Å²) in [5.41, 5.74) is 6.07. The van der Waals surface area contributed by atoms with E-state index in [0.29, 0.717) is 17.0 Å². The monoisotopic (exact) mass is 216 g/mol. The third-order valence-corrected chi connectivity index (χ3v) is 2.44. The van der Waals surface area contributed by atoms with Gasteiger partial charge in [-0.05, 0) is 12.1 Å². The summed E-state index contributed by atoms with van der Waals surface area (Å²) in [5.74, 6) is 0.794. The number of rotatable bonds is 1. The molecule has 0 bridgehead atoms. The van der Waals surface area contributed by atoms with E-state index in [-0.39, 0.29) is 12.5 Å². The Morgan fingerprint density at radius 2 is 2.00 bits per heavy atom. The molecule has 2 N–H and O–H groups in total. The van der Waals surface area contributed by atoms with Crippen molar-refractivity contribution < 1.29 is 14.3 Å². The number of carbonyl (C=O) groups is 1. The number of hydrogen-bond donors (Lipinski definition) is 1. The zero-order valence-corrected chi connectivity index (χ0v) is 8.27. The maximum absolute atomic E-state index is 11.0. The minimum Gasteiger partial charge on any atom is -0.454 e. The molecule has 16 heavy (non-hydrogen) atoms. The summed E-state index contributed by atoms with van der Waals surface area (Å²) in [4.78, 5) is 15.1. The number of carbonyl (C=O) groups excluding carboxylic acids is 1. The number of primary amides is 1. The Morgan fingerprint density at radius 1 is 1.25 bits per heavy atom. The van der Waals surface area contributed by atoms with E-state index in [1.807, 2.05) is 6.07 Å². The Labute approximate surface area is 90.8 Å². The lowest BCUT2D eigenvalue weighted by Gasteiger charge is -2.01. The van der Waals surface area contributed by atoms with Gasteiger partial charge in [-0.25, -0.2) is 4.98 Å². The molecule has 0 saturated heterocycles. The number of amides is 1. The van der Waals surface area contributed by atoms with Crippen molar-refractivity contribution in [2.75, 3.05) is 6.79 Å². The van der Waals surface area contributed by atoms with Crippen LogP contribution in [0.1, 0.15) is 10.5 Å². The molecule has 1 amide bonds. The Morgan fingerprint density at radius 3 is 2.75 bits per heavy atom. The number of ether oxygens (including phenoxy) is 2. The van der Waals surface area contributed by atoms with Crippen molar-refractivity contribution in [2.24, 2.45) is 5.73 Å². The van der Waals surface area contributed by atoms with Crippen LogP contribution >= 0.6 is 0 Å². The predicted octanol–water partition coefficient (Wildman–Crippen LogP) is 1.06. The molecule has 0 aliphatic carbocycles. The number of hydrogen-bond acceptors (Lipinski definition) is 4. The first kappa shape index (κ1) is 8.96. The van der Waals surface area contributed by atoms with Gasteiger partial charge in [-0.15, -0.1) is 0 Å². The van der Waals surface area contributed by atoms with Crippen molar-refractivity contribution >= 4 is 16.8 Å². The normalized spacial score (nSPS) is 13.0. The second-order valence-electron chi connectivity index (χ2n) is 3.46. The smallest absolute Gasteiger partial charge is 0.267 e. The van der Waals surface area contributed by atoms with Gasteiger partial charge >= 0.3 is 0 Å². The number of aromatic nitrogens is 1. The van der Waals surface area contributed by atoms with Gasteiger partial charge in [-0.3, -0.25) is 4.79 Å². The highest BCUT2D eigenvalue weighted by atomic mass is 16.7. The zero-order valence-electron chi connectivity index (χ0n) is 8.27. The number of nitrogens with two attached hydrogens (primary N) is 1. The van der Waals surface area contributed by atoms with E-state index in [2.05, 4.69) is 4.98 Å². The lowest BCUT2D eigenvalue weighted by Crippen LogP contribution is -2.12. The highest BCUT2D eigenvalue weighted by Crippen LogP contribution is 2.35. The largest absolute Gasteiger partial charge is 0.454 e. The SMILES string of the molecule is NC(=O)c1ccc2cc3c(cc2n1)OCO3. The van der Waals surface area contributed by atoms with Crippen LogP contribution in [0.4, 0.5) is 0 Å². The van der Waals surface area contributed by atoms with Gasteiger partial charge in [-0.1, -0.05) is 6.07 Å². The molecule has 0 fully saturated rings. The summed E-state index contributed by atoms with van der Waals surface area (Å²) in [5, 5.41) is 0.884. The fraction of sp³-hybridized carbons (Fsp3) is 0.0909. The summed E-state index contributed by atoms with van der Waals surface area (Å²) in [6, 6.07) is 6.94. The second kappa shape index (κ2) is 3.10. The highest BCUT2D eigenvalue weighted by Gasteiger charge is 2.15. The highest BCUT2D eigenvalue weighted by molar-refractivity contribution is 5.94. The van der Waals surface area contributed by atoms with Crippen LogP contribution in [-0.2, 0) is 0 Å². The van der Waals surface area contributed by atoms with Crippen molar-refractivity contribution in [1.29, 1.82) is 0 Å². The predicted molar refractivity (Wildman–Crippen MR) is 56.4 cm³/mol. The van der Waals surface area contributed by atoms with E-state index >= 15 is 0 Å². The summed E-state index contributed by atoms with van der Waals surface area (Å²) in [7, 11) is 0. The molecule has 1 aliphatic rings. The molecule has 0 radical (unpaired) electrons. The molecule has 0 saturated carbocycles. The molecule has 5 heteroatoms. The van der Waals surface area contributed by atoms with Gasteiger partial charge < -0.3 is 15.2 Å². The minimum atomic E-state index is -0.542. The average Bonchev–Trinajstić information content (AvgIpc) is 2.71. The fourth-order valence-electron chi connectivity index (χ4n) is 1.65. The average molecular weight is 216 g/mol. The third-order valence-electron chi connectivity index (χ3n) is 2.44. The van der Waals surface area contributed by atoms with Gasteiger partial charge in [-0.2, -0.15) is 0 Å². The van der Waals surface area contributed by atoms with Crippen LogP contribution in [0, 0.1) is 0 Å². The van der Waals surface area contributed by atoms with E-state index < -0.39 is 5.91 Å². The molecule has 0 spiro atoms. The van der Waals surface area contributed by atoms with Gasteiger partial charge in [0, 0.05) is 11.5 Å². The van der Waals surface area contributed by atoms with Gasteiger partial charge in [0.2, 0.25) is 6.79 Å². The first-order valence-electron chi connectivity index (χ1n) is 4.74. The lowest BCUT2D eigenvalue weighted by molar-refractivity contribution is 0.0996. The van der Waals surface area contributed by atoms with Gasteiger partial charge in [0.1, 0.15) is 5.69 Å². The van der Waals surface area contributed by atoms with Crippen LogP contribution in [-0.4, -0.2) is 17.7 Å². The topological polar surface area (TPSA) is 74.4 Å². The van der Waals surface area contributed by atoms with E-state index in [1.165, 1.54) is 0 Å². The van der Waals surface area contributed by atoms with Gasteiger partial charge in [0.05, 0.1) is 5.52 Å². The third kappa shape index (κ3) is 1.25. The first-order valence-corrected chi connectivity index (χ1v) is 4.74. The number of fused-ring (bicyclic) bond motifs is 2. The molecular weight excluding hydrogens is 208 g/mol.